The Balaban J connectivity index is 1.84. The average Bonchev–Trinajstić information content (AvgIpc) is 3.50. The number of nitrogens with zero attached hydrogens (tertiary/aromatic N) is 2. The summed E-state index contributed by atoms with van der Waals surface area (Å²) >= 11 is 0. The molecule has 1 aliphatic rings. The highest BCUT2D eigenvalue weighted by Crippen LogP contribution is 2.40. The number of ether oxygens (including phenoxy) is 1. The van der Waals surface area contributed by atoms with Crippen LogP contribution in [0.15, 0.2) is 65.6 Å². The van der Waals surface area contributed by atoms with Gasteiger partial charge in [-0.05, 0) is 93.3 Å². The first-order chi connectivity index (χ1) is 21.3. The van der Waals surface area contributed by atoms with E-state index in [4.69, 9.17) is 10.5 Å². The van der Waals surface area contributed by atoms with E-state index in [9.17, 15) is 32.3 Å². The first kappa shape index (κ1) is 33.2. The number of hydrogen-bond acceptors (Lipinski definition) is 7. The van der Waals surface area contributed by atoms with E-state index in [1.807, 2.05) is 0 Å². The highest BCUT2D eigenvalue weighted by Gasteiger charge is 2.38. The second-order valence-corrected chi connectivity index (χ2v) is 13.5. The van der Waals surface area contributed by atoms with Crippen LogP contribution in [0.2, 0.25) is 0 Å². The summed E-state index contributed by atoms with van der Waals surface area (Å²) < 4.78 is 47.0. The lowest BCUT2D eigenvalue weighted by molar-refractivity contribution is -0.133. The van der Waals surface area contributed by atoms with Crippen molar-refractivity contribution in [3.63, 3.8) is 0 Å². The molecule has 11 nitrogen and oxygen atoms in total. The third kappa shape index (κ3) is 7.03. The molecule has 4 rings (SSSR count). The number of carbonyl (C=O) groups excluding carboxylic acids is 2. The van der Waals surface area contributed by atoms with Crippen LogP contribution in [0.25, 0.3) is 0 Å². The Kier molecular flexibility index (Phi) is 10.0. The third-order valence-electron chi connectivity index (χ3n) is 7.78. The average molecular weight is 641 g/mol. The number of nitrogens with two attached hydrogens (primary N) is 1. The molecule has 1 fully saturated rings. The summed E-state index contributed by atoms with van der Waals surface area (Å²) in [4.78, 5) is 40.7. The van der Waals surface area contributed by atoms with Crippen LogP contribution < -0.4 is 20.7 Å². The molecule has 0 saturated carbocycles. The van der Waals surface area contributed by atoms with E-state index in [0.29, 0.717) is 29.7 Å². The van der Waals surface area contributed by atoms with Gasteiger partial charge < -0.3 is 25.8 Å². The van der Waals surface area contributed by atoms with E-state index < -0.39 is 50.9 Å². The molecule has 0 aromatic heterocycles. The zero-order chi connectivity index (χ0) is 33.1. The molecule has 1 heterocycles. The van der Waals surface area contributed by atoms with Gasteiger partial charge in [-0.3, -0.25) is 14.5 Å². The molecule has 0 aliphatic carbocycles. The molecule has 0 spiro atoms. The molecule has 3 aromatic rings. The van der Waals surface area contributed by atoms with Crippen LogP contribution in [0.5, 0.6) is 5.75 Å². The lowest BCUT2D eigenvalue weighted by Crippen LogP contribution is -2.38. The van der Waals surface area contributed by atoms with Crippen LogP contribution in [0, 0.1) is 5.82 Å². The van der Waals surface area contributed by atoms with Crippen LogP contribution in [-0.2, 0) is 14.6 Å². The van der Waals surface area contributed by atoms with E-state index in [-0.39, 0.29) is 35.0 Å². The van der Waals surface area contributed by atoms with Crippen molar-refractivity contribution in [2.24, 2.45) is 5.73 Å². The van der Waals surface area contributed by atoms with Gasteiger partial charge in [0.05, 0.1) is 22.8 Å². The molecular formula is C32H37FN4O7S. The molecule has 13 heteroatoms. The monoisotopic (exact) mass is 640 g/mol. The topological polar surface area (TPSA) is 159 Å². The number of halogens is 1. The van der Waals surface area contributed by atoms with Gasteiger partial charge in [-0.15, -0.1) is 0 Å². The molecule has 3 aromatic carbocycles. The Hall–Kier alpha value is -4.65. The van der Waals surface area contributed by atoms with E-state index in [1.54, 1.807) is 37.8 Å². The van der Waals surface area contributed by atoms with E-state index in [0.717, 1.165) is 4.90 Å². The molecule has 0 unspecified atom stereocenters. The van der Waals surface area contributed by atoms with Gasteiger partial charge in [0.15, 0.2) is 21.4 Å². The Morgan fingerprint density at radius 1 is 1.13 bits per heavy atom. The van der Waals surface area contributed by atoms with E-state index in [2.05, 4.69) is 5.32 Å². The maximum atomic E-state index is 14.6. The standard InChI is InChI=1S/C32H37FN4O7S/c1-5-44-27-17-20(11-13-25(27)33)29(35-22-9-6-8-21(16-22)30(34)38)31(39)37-15-7-10-26(37)24-18-23(36(4)32(40)41)12-14-28(24)45(42,43)19(2)3/h6,8-9,11-14,16-19,26,29,35H,5,7,10,15H2,1-4H3,(H2,34,38)(H,40,41)/t26-,29-/m1/s1. The number of benzene rings is 3. The number of carbonyl (C=O) groups is 3. The number of amides is 3. The Morgan fingerprint density at radius 2 is 1.87 bits per heavy atom. The lowest BCUT2D eigenvalue weighted by Gasteiger charge is -2.32. The molecule has 2 atom stereocenters. The minimum atomic E-state index is -3.83. The van der Waals surface area contributed by atoms with Gasteiger partial charge in [0.25, 0.3) is 0 Å². The Bertz CT molecular complexity index is 1710. The van der Waals surface area contributed by atoms with Crippen molar-refractivity contribution in [1.82, 2.24) is 4.90 Å². The van der Waals surface area contributed by atoms with Gasteiger partial charge in [0.2, 0.25) is 11.8 Å². The number of rotatable bonds is 11. The molecule has 0 radical (unpaired) electrons. The highest BCUT2D eigenvalue weighted by molar-refractivity contribution is 7.92. The van der Waals surface area contributed by atoms with Gasteiger partial charge in [-0.25, -0.2) is 17.6 Å². The number of sulfone groups is 1. The second kappa shape index (κ2) is 13.6. The first-order valence-corrected chi connectivity index (χ1v) is 16.0. The van der Waals surface area contributed by atoms with Crippen LogP contribution in [0.4, 0.5) is 20.6 Å². The maximum absolute atomic E-state index is 14.6. The zero-order valence-corrected chi connectivity index (χ0v) is 26.3. The fraction of sp³-hybridized carbons (Fsp3) is 0.344. The predicted octanol–water partition coefficient (Wildman–Crippen LogP) is 5.14. The van der Waals surface area contributed by atoms with Crippen molar-refractivity contribution in [3.05, 3.63) is 83.2 Å². The molecule has 240 valence electrons. The van der Waals surface area contributed by atoms with Crippen molar-refractivity contribution in [2.75, 3.05) is 30.4 Å². The Labute approximate surface area is 261 Å². The van der Waals surface area contributed by atoms with Crippen molar-refractivity contribution in [3.8, 4) is 5.75 Å². The van der Waals surface area contributed by atoms with Gasteiger partial charge >= 0.3 is 6.09 Å². The minimum absolute atomic E-state index is 0.0174. The van der Waals surface area contributed by atoms with Crippen LogP contribution in [0.3, 0.4) is 0 Å². The number of anilines is 2. The third-order valence-corrected chi connectivity index (χ3v) is 10.0. The second-order valence-electron chi connectivity index (χ2n) is 11.0. The largest absolute Gasteiger partial charge is 0.491 e. The molecule has 1 aliphatic heterocycles. The minimum Gasteiger partial charge on any atom is -0.491 e. The van der Waals surface area contributed by atoms with Crippen molar-refractivity contribution in [2.45, 2.75) is 55.8 Å². The first-order valence-electron chi connectivity index (χ1n) is 14.5. The highest BCUT2D eigenvalue weighted by atomic mass is 32.2. The summed E-state index contributed by atoms with van der Waals surface area (Å²) in [6.45, 7) is 5.28. The Morgan fingerprint density at radius 3 is 2.51 bits per heavy atom. The fourth-order valence-electron chi connectivity index (χ4n) is 5.33. The van der Waals surface area contributed by atoms with Crippen molar-refractivity contribution < 1.29 is 37.0 Å². The molecule has 45 heavy (non-hydrogen) atoms. The summed E-state index contributed by atoms with van der Waals surface area (Å²) in [5, 5.41) is 12.0. The van der Waals surface area contributed by atoms with Gasteiger partial charge in [-0.1, -0.05) is 12.1 Å². The maximum Gasteiger partial charge on any atom is 0.411 e. The molecule has 0 bridgehead atoms. The normalized spacial score (nSPS) is 15.5. The van der Waals surface area contributed by atoms with Crippen molar-refractivity contribution in [1.29, 1.82) is 0 Å². The smallest absolute Gasteiger partial charge is 0.411 e. The number of likely N-dealkylation sites (tertiary alicyclic amines) is 1. The summed E-state index contributed by atoms with van der Waals surface area (Å²) in [7, 11) is -2.48. The molecule has 4 N–H and O–H groups in total. The number of primary amides is 1. The summed E-state index contributed by atoms with van der Waals surface area (Å²) in [5.74, 6) is -1.76. The van der Waals surface area contributed by atoms with Gasteiger partial charge in [0, 0.05) is 30.5 Å². The van der Waals surface area contributed by atoms with Crippen LogP contribution in [-0.4, -0.2) is 61.8 Å². The molecular weight excluding hydrogens is 603 g/mol. The summed E-state index contributed by atoms with van der Waals surface area (Å²) in [5.41, 5.74) is 7.01. The number of nitrogens with one attached hydrogen (secondary N) is 1. The van der Waals surface area contributed by atoms with Crippen molar-refractivity contribution >= 4 is 39.1 Å². The van der Waals surface area contributed by atoms with Gasteiger partial charge in [-0.2, -0.15) is 0 Å². The summed E-state index contributed by atoms with van der Waals surface area (Å²) in [6, 6.07) is 12.9. The SMILES string of the molecule is CCOc1cc([C@@H](Nc2cccc(C(N)=O)c2)C(=O)N2CCC[C@@H]2c2cc(N(C)C(=O)O)ccc2S(=O)(=O)C(C)C)ccc1F. The predicted molar refractivity (Wildman–Crippen MR) is 168 cm³/mol. The van der Waals surface area contributed by atoms with E-state index in [1.165, 1.54) is 55.6 Å². The lowest BCUT2D eigenvalue weighted by atomic mass is 10.00. The van der Waals surface area contributed by atoms with Crippen LogP contribution >= 0.6 is 0 Å². The number of carboxylic acid groups (broad SMARTS) is 1. The molecule has 3 amide bonds. The fourth-order valence-corrected chi connectivity index (χ4v) is 6.62. The summed E-state index contributed by atoms with van der Waals surface area (Å²) in [6.07, 6.45) is -0.262. The molecule has 1 saturated heterocycles. The number of hydrogen-bond donors (Lipinski definition) is 3. The van der Waals surface area contributed by atoms with Crippen LogP contribution in [0.1, 0.15) is 67.2 Å². The van der Waals surface area contributed by atoms with Gasteiger partial charge in [0.1, 0.15) is 6.04 Å². The van der Waals surface area contributed by atoms with E-state index >= 15 is 0 Å². The zero-order valence-electron chi connectivity index (χ0n) is 25.5. The quantitative estimate of drug-likeness (QED) is 0.260.